The lowest BCUT2D eigenvalue weighted by atomic mass is 9.92. The van der Waals surface area contributed by atoms with Crippen molar-refractivity contribution in [3.8, 4) is 0 Å². The van der Waals surface area contributed by atoms with Crippen LogP contribution in [-0.2, 0) is 33.3 Å². The number of ether oxygens (including phenoxy) is 4. The molecule has 0 N–H and O–H groups in total. The Labute approximate surface area is 175 Å². The number of carbonyl (C=O) groups is 3. The molecule has 0 aliphatic heterocycles. The molecule has 0 atom stereocenters. The number of rotatable bonds is 19. The smallest absolute Gasteiger partial charge is 0.288 e. The van der Waals surface area contributed by atoms with E-state index in [-0.39, 0.29) is 72.2 Å². The van der Waals surface area contributed by atoms with Crippen LogP contribution in [0.3, 0.4) is 0 Å². The molecule has 0 aromatic heterocycles. The number of hydrogen-bond acceptors (Lipinski definition) is 11. The number of nitroso groups, excluding NO2 is 3. The van der Waals surface area contributed by atoms with Gasteiger partial charge >= 0.3 is 0 Å². The van der Waals surface area contributed by atoms with Gasteiger partial charge in [-0.15, -0.1) is 14.7 Å². The Hall–Kier alpha value is -3.04. The topological polar surface area (TPSA) is 225 Å². The van der Waals surface area contributed by atoms with E-state index in [2.05, 4.69) is 25.6 Å². The molecule has 0 rings (SSSR count). The molecule has 0 saturated heterocycles. The van der Waals surface area contributed by atoms with E-state index in [1.54, 1.807) is 0 Å². The summed E-state index contributed by atoms with van der Waals surface area (Å²) in [6.45, 7) is -1.30. The average molecular weight is 446 g/mol. The lowest BCUT2D eigenvalue weighted by molar-refractivity contribution is -0.125. The van der Waals surface area contributed by atoms with E-state index in [1.165, 1.54) is 0 Å². The van der Waals surface area contributed by atoms with Gasteiger partial charge in [0.25, 0.3) is 17.7 Å². The quantitative estimate of drug-likeness (QED) is 0.0909. The Bertz CT molecular complexity index is 597. The number of amides is 3. The lowest BCUT2D eigenvalue weighted by Crippen LogP contribution is -2.42. The molecule has 0 unspecified atom stereocenters. The molecular formula is C15H22N6O10. The minimum Gasteiger partial charge on any atom is -0.380 e. The van der Waals surface area contributed by atoms with Crippen molar-refractivity contribution in [1.29, 1.82) is 0 Å². The van der Waals surface area contributed by atoms with Crippen molar-refractivity contribution in [3.63, 3.8) is 0 Å². The predicted octanol–water partition coefficient (Wildman–Crippen LogP) is 1.36. The zero-order valence-electron chi connectivity index (χ0n) is 16.5. The largest absolute Gasteiger partial charge is 0.380 e. The standard InChI is InChI=1S/C15H22N6O10/c16-21-17-11-31-10-15(7-28-4-1-12(22)18-25,8-29-5-2-13(23)19-26)9-30-6-3-14(24)20-27/h1-11H2. The normalized spacial score (nSPS) is 10.7. The second-order valence-corrected chi connectivity index (χ2v) is 6.07. The molecule has 16 heteroatoms. The number of carbonyl (C=O) groups excluding carboxylic acids is 3. The van der Waals surface area contributed by atoms with Crippen LogP contribution in [0.4, 0.5) is 0 Å². The minimum atomic E-state index is -1.07. The van der Waals surface area contributed by atoms with E-state index in [0.717, 1.165) is 0 Å². The van der Waals surface area contributed by atoms with E-state index in [0.29, 0.717) is 0 Å². The van der Waals surface area contributed by atoms with Crippen LogP contribution in [0.15, 0.2) is 20.6 Å². The van der Waals surface area contributed by atoms with Crippen LogP contribution in [0.25, 0.3) is 10.4 Å². The summed E-state index contributed by atoms with van der Waals surface area (Å²) in [5.41, 5.74) is 7.28. The van der Waals surface area contributed by atoms with Crippen molar-refractivity contribution in [2.24, 2.45) is 26.1 Å². The van der Waals surface area contributed by atoms with Crippen LogP contribution in [0.5, 0.6) is 0 Å². The van der Waals surface area contributed by atoms with Gasteiger partial charge in [-0.25, -0.2) is 0 Å². The number of nitrogens with zero attached hydrogens (tertiary/aromatic N) is 6. The Balaban J connectivity index is 5.07. The molecule has 0 aromatic carbocycles. The molecular weight excluding hydrogens is 424 g/mol. The van der Waals surface area contributed by atoms with Crippen molar-refractivity contribution >= 4 is 17.7 Å². The van der Waals surface area contributed by atoms with E-state index in [9.17, 15) is 29.1 Å². The van der Waals surface area contributed by atoms with Gasteiger partial charge in [-0.05, 0) is 5.53 Å². The molecule has 0 heterocycles. The van der Waals surface area contributed by atoms with Crippen molar-refractivity contribution in [3.05, 3.63) is 25.2 Å². The molecule has 0 aliphatic rings. The van der Waals surface area contributed by atoms with Crippen LogP contribution >= 0.6 is 0 Å². The Morgan fingerprint density at radius 2 is 1.03 bits per heavy atom. The SMILES string of the molecule is [N-]=[N+]=NCOCC(COCCC(=O)N=O)(COCCC(=O)N=O)COCCC(=O)N=O. The summed E-state index contributed by atoms with van der Waals surface area (Å²) < 4.78 is 21.5. The molecule has 3 amide bonds. The summed E-state index contributed by atoms with van der Waals surface area (Å²) in [5, 5.41) is 9.95. The maximum absolute atomic E-state index is 11.0. The van der Waals surface area contributed by atoms with Gasteiger partial charge in [0.05, 0.1) is 70.9 Å². The molecule has 31 heavy (non-hydrogen) atoms. The first-order valence-electron chi connectivity index (χ1n) is 8.83. The third-order valence-electron chi connectivity index (χ3n) is 3.53. The zero-order chi connectivity index (χ0) is 23.4. The maximum Gasteiger partial charge on any atom is 0.288 e. The highest BCUT2D eigenvalue weighted by Crippen LogP contribution is 2.21. The van der Waals surface area contributed by atoms with Gasteiger partial charge in [0.1, 0.15) is 6.73 Å². The molecule has 0 aromatic rings. The molecule has 0 radical (unpaired) electrons. The van der Waals surface area contributed by atoms with Gasteiger partial charge in [-0.3, -0.25) is 14.4 Å². The predicted molar refractivity (Wildman–Crippen MR) is 101 cm³/mol. The second kappa shape index (κ2) is 17.8. The highest BCUT2D eigenvalue weighted by Gasteiger charge is 2.33. The van der Waals surface area contributed by atoms with E-state index >= 15 is 0 Å². The second-order valence-electron chi connectivity index (χ2n) is 6.07. The first-order valence-corrected chi connectivity index (χ1v) is 8.83. The van der Waals surface area contributed by atoms with Crippen LogP contribution < -0.4 is 0 Å². The van der Waals surface area contributed by atoms with E-state index < -0.39 is 23.1 Å². The Morgan fingerprint density at radius 3 is 1.35 bits per heavy atom. The third kappa shape index (κ3) is 14.6. The van der Waals surface area contributed by atoms with Crippen LogP contribution in [0.1, 0.15) is 19.3 Å². The summed E-state index contributed by atoms with van der Waals surface area (Å²) in [7, 11) is 0. The lowest BCUT2D eigenvalue weighted by Gasteiger charge is -2.32. The Kier molecular flexibility index (Phi) is 16.0. The summed E-state index contributed by atoms with van der Waals surface area (Å²) in [6, 6.07) is 0. The van der Waals surface area contributed by atoms with E-state index in [4.69, 9.17) is 24.5 Å². The van der Waals surface area contributed by atoms with Gasteiger partial charge in [0, 0.05) is 20.4 Å². The van der Waals surface area contributed by atoms with Gasteiger partial charge in [0.15, 0.2) is 0 Å². The maximum atomic E-state index is 11.0. The summed E-state index contributed by atoms with van der Waals surface area (Å²) in [4.78, 5) is 65.9. The van der Waals surface area contributed by atoms with Crippen molar-refractivity contribution in [2.45, 2.75) is 19.3 Å². The molecule has 0 fully saturated rings. The summed E-state index contributed by atoms with van der Waals surface area (Å²) in [6.07, 6.45) is -0.792. The molecule has 0 spiro atoms. The zero-order valence-corrected chi connectivity index (χ0v) is 16.5. The van der Waals surface area contributed by atoms with Crippen LogP contribution in [0.2, 0.25) is 0 Å². The first kappa shape index (κ1) is 28.0. The van der Waals surface area contributed by atoms with Gasteiger partial charge < -0.3 is 18.9 Å². The molecule has 0 bridgehead atoms. The summed E-state index contributed by atoms with van der Waals surface area (Å²) >= 11 is 0. The fraction of sp³-hybridized carbons (Fsp3) is 0.800. The van der Waals surface area contributed by atoms with Crippen LogP contribution in [-0.4, -0.2) is 70.7 Å². The van der Waals surface area contributed by atoms with Gasteiger partial charge in [-0.2, -0.15) is 0 Å². The van der Waals surface area contributed by atoms with Gasteiger partial charge in [-0.1, -0.05) is 5.11 Å². The summed E-state index contributed by atoms with van der Waals surface area (Å²) in [5.74, 6) is -2.72. The van der Waals surface area contributed by atoms with Crippen molar-refractivity contribution in [2.75, 3.05) is 53.0 Å². The minimum absolute atomic E-state index is 0.130. The highest BCUT2D eigenvalue weighted by atomic mass is 16.5. The molecule has 0 aliphatic carbocycles. The monoisotopic (exact) mass is 446 g/mol. The third-order valence-corrected chi connectivity index (χ3v) is 3.53. The molecule has 0 saturated carbocycles. The van der Waals surface area contributed by atoms with Gasteiger partial charge in [0.2, 0.25) is 0 Å². The first-order chi connectivity index (χ1) is 14.9. The van der Waals surface area contributed by atoms with E-state index in [1.807, 2.05) is 0 Å². The number of hydrogen-bond donors (Lipinski definition) is 0. The average Bonchev–Trinajstić information content (AvgIpc) is 2.79. The number of azide groups is 1. The molecule has 16 nitrogen and oxygen atoms in total. The van der Waals surface area contributed by atoms with Crippen molar-refractivity contribution in [1.82, 2.24) is 0 Å². The highest BCUT2D eigenvalue weighted by molar-refractivity contribution is 5.77. The fourth-order valence-electron chi connectivity index (χ4n) is 2.06. The van der Waals surface area contributed by atoms with Crippen LogP contribution in [0, 0.1) is 20.1 Å². The molecule has 172 valence electrons. The fourth-order valence-corrected chi connectivity index (χ4v) is 2.06. The Morgan fingerprint density at radius 1 is 0.677 bits per heavy atom. The van der Waals surface area contributed by atoms with Crippen molar-refractivity contribution < 1.29 is 33.3 Å².